The van der Waals surface area contributed by atoms with Gasteiger partial charge in [-0.2, -0.15) is 0 Å². The van der Waals surface area contributed by atoms with E-state index in [1.165, 1.54) is 0 Å². The summed E-state index contributed by atoms with van der Waals surface area (Å²) in [6.45, 7) is 4.47. The highest BCUT2D eigenvalue weighted by atomic mass is 16.6. The Balaban J connectivity index is 2.90. The first-order chi connectivity index (χ1) is 6.67. The fourth-order valence-electron chi connectivity index (χ4n) is 1.29. The van der Waals surface area contributed by atoms with E-state index >= 15 is 0 Å². The predicted molar refractivity (Wildman–Crippen MR) is 54.1 cm³/mol. The van der Waals surface area contributed by atoms with Gasteiger partial charge >= 0.3 is 0 Å². The number of aromatic nitrogens is 1. The summed E-state index contributed by atoms with van der Waals surface area (Å²) in [7, 11) is 1.61. The first kappa shape index (κ1) is 10.9. The summed E-state index contributed by atoms with van der Waals surface area (Å²) >= 11 is 0. The van der Waals surface area contributed by atoms with E-state index in [9.17, 15) is 0 Å². The fraction of sp³-hybridized carbons (Fsp3) is 0.500. The van der Waals surface area contributed by atoms with Gasteiger partial charge in [0.05, 0.1) is 13.7 Å². The summed E-state index contributed by atoms with van der Waals surface area (Å²) in [5, 5.41) is 0. The smallest absolute Gasteiger partial charge is 0.213 e. The van der Waals surface area contributed by atoms with E-state index in [0.29, 0.717) is 12.5 Å². The number of methoxy groups -OCH3 is 1. The Hall–Kier alpha value is -1.13. The van der Waals surface area contributed by atoms with Gasteiger partial charge in [-0.3, -0.25) is 0 Å². The molecule has 1 unspecified atom stereocenters. The van der Waals surface area contributed by atoms with Gasteiger partial charge in [-0.25, -0.2) is 10.9 Å². The Kier molecular flexibility index (Phi) is 3.85. The van der Waals surface area contributed by atoms with Crippen molar-refractivity contribution in [2.75, 3.05) is 13.7 Å². The van der Waals surface area contributed by atoms with E-state index in [4.69, 9.17) is 10.6 Å². The maximum Gasteiger partial charge on any atom is 0.213 e. The van der Waals surface area contributed by atoms with Crippen LogP contribution in [0.15, 0.2) is 12.1 Å². The van der Waals surface area contributed by atoms with E-state index in [1.54, 1.807) is 7.11 Å². The van der Waals surface area contributed by atoms with E-state index in [1.807, 2.05) is 26.0 Å². The Morgan fingerprint density at radius 3 is 2.79 bits per heavy atom. The molecule has 4 heteroatoms. The molecule has 0 radical (unpaired) electrons. The lowest BCUT2D eigenvalue weighted by molar-refractivity contribution is 0.126. The van der Waals surface area contributed by atoms with E-state index in [2.05, 4.69) is 9.82 Å². The van der Waals surface area contributed by atoms with E-state index in [-0.39, 0.29) is 5.92 Å². The number of pyridine rings is 1. The Morgan fingerprint density at radius 1 is 1.50 bits per heavy atom. The molecular weight excluding hydrogens is 180 g/mol. The Morgan fingerprint density at radius 2 is 2.21 bits per heavy atom. The number of rotatable bonds is 4. The summed E-state index contributed by atoms with van der Waals surface area (Å²) in [6.07, 6.45) is 0. The van der Waals surface area contributed by atoms with Crippen molar-refractivity contribution in [1.29, 1.82) is 0 Å². The Labute approximate surface area is 84.0 Å². The predicted octanol–water partition coefficient (Wildman–Crippen LogP) is 1.39. The van der Waals surface area contributed by atoms with Crippen molar-refractivity contribution in [3.63, 3.8) is 0 Å². The Bertz CT molecular complexity index is 302. The molecule has 0 aliphatic heterocycles. The molecule has 0 amide bonds. The third kappa shape index (κ3) is 2.68. The third-order valence-electron chi connectivity index (χ3n) is 2.08. The molecule has 0 aromatic carbocycles. The standard InChI is InChI=1S/C10H16N2O2/c1-7(6-14-11)9-4-8(2)12-10(5-9)13-3/h4-5,7H,6,11H2,1-3H3. The van der Waals surface area contributed by atoms with Gasteiger partial charge < -0.3 is 9.57 Å². The minimum absolute atomic E-state index is 0.246. The van der Waals surface area contributed by atoms with Gasteiger partial charge in [0.15, 0.2) is 0 Å². The molecular formula is C10H16N2O2. The zero-order chi connectivity index (χ0) is 10.6. The number of nitrogens with two attached hydrogens (primary N) is 1. The van der Waals surface area contributed by atoms with E-state index < -0.39 is 0 Å². The van der Waals surface area contributed by atoms with Gasteiger partial charge in [0.2, 0.25) is 5.88 Å². The van der Waals surface area contributed by atoms with Crippen LogP contribution in [0, 0.1) is 6.92 Å². The SMILES string of the molecule is COc1cc(C(C)CON)cc(C)n1. The van der Waals surface area contributed by atoms with Crippen LogP contribution < -0.4 is 10.6 Å². The number of hydrogen-bond acceptors (Lipinski definition) is 4. The first-order valence-electron chi connectivity index (χ1n) is 4.51. The van der Waals surface area contributed by atoms with Gasteiger partial charge in [0, 0.05) is 17.7 Å². The minimum Gasteiger partial charge on any atom is -0.481 e. The van der Waals surface area contributed by atoms with Crippen LogP contribution in [-0.2, 0) is 4.84 Å². The summed E-state index contributed by atoms with van der Waals surface area (Å²) in [5.41, 5.74) is 2.06. The average molecular weight is 196 g/mol. The molecule has 0 bridgehead atoms. The summed E-state index contributed by atoms with van der Waals surface area (Å²) in [4.78, 5) is 8.81. The largest absolute Gasteiger partial charge is 0.481 e. The van der Waals surface area contributed by atoms with Crippen LogP contribution in [0.1, 0.15) is 24.1 Å². The highest BCUT2D eigenvalue weighted by Gasteiger charge is 2.08. The van der Waals surface area contributed by atoms with Crippen molar-refractivity contribution in [1.82, 2.24) is 4.98 Å². The van der Waals surface area contributed by atoms with Crippen molar-refractivity contribution in [2.45, 2.75) is 19.8 Å². The van der Waals surface area contributed by atoms with Crippen LogP contribution in [0.25, 0.3) is 0 Å². The third-order valence-corrected chi connectivity index (χ3v) is 2.08. The topological polar surface area (TPSA) is 57.4 Å². The van der Waals surface area contributed by atoms with Crippen LogP contribution in [0.5, 0.6) is 5.88 Å². The molecule has 0 saturated heterocycles. The second-order valence-electron chi connectivity index (χ2n) is 3.32. The van der Waals surface area contributed by atoms with Gasteiger partial charge in [0.25, 0.3) is 0 Å². The number of ether oxygens (including phenoxy) is 1. The average Bonchev–Trinajstić information content (AvgIpc) is 2.17. The molecule has 0 fully saturated rings. The molecule has 4 nitrogen and oxygen atoms in total. The lowest BCUT2D eigenvalue weighted by atomic mass is 10.0. The van der Waals surface area contributed by atoms with Crippen molar-refractivity contribution >= 4 is 0 Å². The molecule has 0 saturated carbocycles. The van der Waals surface area contributed by atoms with Gasteiger partial charge in [-0.1, -0.05) is 6.92 Å². The van der Waals surface area contributed by atoms with Crippen LogP contribution >= 0.6 is 0 Å². The van der Waals surface area contributed by atoms with Crippen molar-refractivity contribution in [3.8, 4) is 5.88 Å². The van der Waals surface area contributed by atoms with Crippen molar-refractivity contribution < 1.29 is 9.57 Å². The van der Waals surface area contributed by atoms with E-state index in [0.717, 1.165) is 11.3 Å². The first-order valence-corrected chi connectivity index (χ1v) is 4.51. The molecule has 0 aliphatic carbocycles. The van der Waals surface area contributed by atoms with Crippen LogP contribution in [0.3, 0.4) is 0 Å². The molecule has 0 aliphatic rings. The zero-order valence-electron chi connectivity index (χ0n) is 8.78. The maximum atomic E-state index is 5.08. The van der Waals surface area contributed by atoms with Crippen molar-refractivity contribution in [2.24, 2.45) is 5.90 Å². The second kappa shape index (κ2) is 4.93. The number of nitrogens with zero attached hydrogens (tertiary/aromatic N) is 1. The highest BCUT2D eigenvalue weighted by Crippen LogP contribution is 2.20. The molecule has 2 N–H and O–H groups in total. The molecule has 0 spiro atoms. The van der Waals surface area contributed by atoms with Crippen LogP contribution in [0.2, 0.25) is 0 Å². The van der Waals surface area contributed by atoms with Gasteiger partial charge in [-0.15, -0.1) is 0 Å². The molecule has 78 valence electrons. The van der Waals surface area contributed by atoms with Gasteiger partial charge in [0.1, 0.15) is 0 Å². The maximum absolute atomic E-state index is 5.08. The molecule has 1 heterocycles. The van der Waals surface area contributed by atoms with Crippen LogP contribution in [0.4, 0.5) is 0 Å². The second-order valence-corrected chi connectivity index (χ2v) is 3.32. The monoisotopic (exact) mass is 196 g/mol. The highest BCUT2D eigenvalue weighted by molar-refractivity contribution is 5.27. The zero-order valence-corrected chi connectivity index (χ0v) is 8.78. The summed E-state index contributed by atoms with van der Waals surface area (Å²) in [5.74, 6) is 5.90. The van der Waals surface area contributed by atoms with Gasteiger partial charge in [-0.05, 0) is 18.6 Å². The molecule has 1 rings (SSSR count). The molecule has 1 aromatic heterocycles. The molecule has 14 heavy (non-hydrogen) atoms. The van der Waals surface area contributed by atoms with Crippen molar-refractivity contribution in [3.05, 3.63) is 23.4 Å². The summed E-state index contributed by atoms with van der Waals surface area (Å²) in [6, 6.07) is 3.91. The number of hydrogen-bond donors (Lipinski definition) is 1. The summed E-state index contributed by atoms with van der Waals surface area (Å²) < 4.78 is 5.08. The number of aryl methyl sites for hydroxylation is 1. The lowest BCUT2D eigenvalue weighted by Crippen LogP contribution is -2.09. The normalized spacial score (nSPS) is 12.6. The minimum atomic E-state index is 0.246. The fourth-order valence-corrected chi connectivity index (χ4v) is 1.29. The molecule has 1 aromatic rings. The lowest BCUT2D eigenvalue weighted by Gasteiger charge is -2.11. The van der Waals surface area contributed by atoms with Crippen LogP contribution in [-0.4, -0.2) is 18.7 Å². The quantitative estimate of drug-likeness (QED) is 0.739. The molecule has 1 atom stereocenters.